The van der Waals surface area contributed by atoms with Crippen LogP contribution in [0.4, 0.5) is 0 Å². The number of carbonyl (C=O) groups is 2. The van der Waals surface area contributed by atoms with E-state index >= 15 is 0 Å². The summed E-state index contributed by atoms with van der Waals surface area (Å²) in [6, 6.07) is 0. The van der Waals surface area contributed by atoms with E-state index < -0.39 is 75.7 Å². The maximum atomic E-state index is 12.8. The van der Waals surface area contributed by atoms with Crippen LogP contribution in [0, 0.1) is 0 Å². The predicted molar refractivity (Wildman–Crippen MR) is 249 cm³/mol. The first kappa shape index (κ1) is 58.8. The van der Waals surface area contributed by atoms with Gasteiger partial charge >= 0.3 is 19.8 Å². The average molecular weight is 915 g/mol. The van der Waals surface area contributed by atoms with E-state index in [1.165, 1.54) is 77.0 Å². The van der Waals surface area contributed by atoms with Crippen molar-refractivity contribution < 1.29 is 63.1 Å². The highest BCUT2D eigenvalue weighted by Gasteiger charge is 2.51. The van der Waals surface area contributed by atoms with Crippen LogP contribution in [0.1, 0.15) is 194 Å². The topological polar surface area (TPSA) is 210 Å². The minimum absolute atomic E-state index is 0.0874. The molecule has 1 aliphatic rings. The standard InChI is InChI=1S/C49H87O13P/c1-3-5-7-9-11-13-15-17-19-20-21-22-24-26-28-30-32-34-36-38-43(51)61-41(40-60-63(57,58)62-49-47(55)45(53)44(52)46(54)48(49)56)39-59-42(50)37-35-33-31-29-27-25-23-18-16-14-12-10-8-6-4-2/h11,13-14,16-19,23,41,44-49,52-56H,3-10,12,15,20-22,24-40H2,1-2H3,(H,57,58)/b13-11+,16-14+,19-17+,23-18+/t41-,44?,45-,46?,47?,48?,49?/m1/s1. The molecule has 63 heavy (non-hydrogen) atoms. The lowest BCUT2D eigenvalue weighted by Gasteiger charge is -2.41. The molecule has 6 N–H and O–H groups in total. The summed E-state index contributed by atoms with van der Waals surface area (Å²) in [6.07, 6.45) is 33.0. The highest BCUT2D eigenvalue weighted by atomic mass is 31.2. The molecular weight excluding hydrogens is 828 g/mol. The van der Waals surface area contributed by atoms with Crippen molar-refractivity contribution in [3.8, 4) is 0 Å². The van der Waals surface area contributed by atoms with Crippen molar-refractivity contribution in [1.82, 2.24) is 0 Å². The lowest BCUT2D eigenvalue weighted by molar-refractivity contribution is -0.220. The Balaban J connectivity index is 2.44. The number of allylic oxidation sites excluding steroid dienone is 8. The Bertz CT molecular complexity index is 1290. The van der Waals surface area contributed by atoms with Gasteiger partial charge in [-0.1, -0.05) is 159 Å². The first-order valence-corrected chi connectivity index (χ1v) is 26.0. The van der Waals surface area contributed by atoms with Gasteiger partial charge in [0.05, 0.1) is 6.61 Å². The van der Waals surface area contributed by atoms with E-state index in [2.05, 4.69) is 62.5 Å². The highest BCUT2D eigenvalue weighted by Crippen LogP contribution is 2.47. The number of phosphoric ester groups is 1. The van der Waals surface area contributed by atoms with Crippen molar-refractivity contribution in [1.29, 1.82) is 0 Å². The summed E-state index contributed by atoms with van der Waals surface area (Å²) in [4.78, 5) is 35.8. The molecule has 1 aliphatic carbocycles. The minimum Gasteiger partial charge on any atom is -0.462 e. The molecule has 0 aromatic heterocycles. The molecule has 0 aliphatic heterocycles. The second-order valence-electron chi connectivity index (χ2n) is 17.0. The van der Waals surface area contributed by atoms with Crippen molar-refractivity contribution in [2.45, 2.75) is 236 Å². The number of hydrogen-bond acceptors (Lipinski definition) is 12. The molecule has 0 heterocycles. The van der Waals surface area contributed by atoms with Crippen molar-refractivity contribution in [3.05, 3.63) is 48.6 Å². The Morgan fingerprint density at radius 1 is 0.508 bits per heavy atom. The smallest absolute Gasteiger partial charge is 0.462 e. The summed E-state index contributed by atoms with van der Waals surface area (Å²) in [5.74, 6) is -1.12. The molecule has 366 valence electrons. The molecule has 0 spiro atoms. The van der Waals surface area contributed by atoms with Gasteiger partial charge in [0, 0.05) is 12.8 Å². The molecular formula is C49H87O13P. The monoisotopic (exact) mass is 915 g/mol. The zero-order valence-electron chi connectivity index (χ0n) is 38.9. The summed E-state index contributed by atoms with van der Waals surface area (Å²) in [7, 11) is -5.13. The third-order valence-corrected chi connectivity index (χ3v) is 12.2. The molecule has 1 saturated carbocycles. The average Bonchev–Trinajstić information content (AvgIpc) is 3.26. The van der Waals surface area contributed by atoms with Crippen LogP contribution in [0.3, 0.4) is 0 Å². The molecule has 1 fully saturated rings. The van der Waals surface area contributed by atoms with Crippen LogP contribution >= 0.6 is 7.82 Å². The van der Waals surface area contributed by atoms with Gasteiger partial charge in [0.2, 0.25) is 0 Å². The fourth-order valence-electron chi connectivity index (χ4n) is 7.19. The number of esters is 2. The molecule has 13 nitrogen and oxygen atoms in total. The molecule has 6 unspecified atom stereocenters. The number of ether oxygens (including phenoxy) is 2. The summed E-state index contributed by atoms with van der Waals surface area (Å²) in [5, 5.41) is 50.2. The van der Waals surface area contributed by atoms with Crippen molar-refractivity contribution in [2.24, 2.45) is 0 Å². The first-order chi connectivity index (χ1) is 30.4. The van der Waals surface area contributed by atoms with E-state index in [1.54, 1.807) is 0 Å². The molecule has 0 saturated heterocycles. The largest absolute Gasteiger partial charge is 0.472 e. The van der Waals surface area contributed by atoms with Gasteiger partial charge in [0.1, 0.15) is 43.2 Å². The number of aliphatic hydroxyl groups excluding tert-OH is 5. The Morgan fingerprint density at radius 3 is 1.41 bits per heavy atom. The maximum Gasteiger partial charge on any atom is 0.472 e. The lowest BCUT2D eigenvalue weighted by Crippen LogP contribution is -2.64. The Kier molecular flexibility index (Phi) is 36.4. The van der Waals surface area contributed by atoms with Crippen LogP contribution in [-0.4, -0.2) is 98.3 Å². The molecule has 0 radical (unpaired) electrons. The molecule has 1 rings (SSSR count). The van der Waals surface area contributed by atoms with Gasteiger partial charge in [0.25, 0.3) is 0 Å². The lowest BCUT2D eigenvalue weighted by atomic mass is 9.85. The SMILES string of the molecule is CCCCC/C=C/C/C=C/CCCCCCCCCCCC(=O)O[C@H](COC(=O)CCCCCCC/C=C/C=C/CCCCCC)COP(=O)(O)OC1C(O)C(O)C(O)[C@@H](O)C1O. The van der Waals surface area contributed by atoms with E-state index in [1.807, 2.05) is 0 Å². The van der Waals surface area contributed by atoms with Gasteiger partial charge in [-0.2, -0.15) is 0 Å². The summed E-state index contributed by atoms with van der Waals surface area (Å²) < 4.78 is 33.6. The number of carbonyl (C=O) groups excluding carboxylic acids is 2. The van der Waals surface area contributed by atoms with E-state index in [0.29, 0.717) is 12.8 Å². The molecule has 0 amide bonds. The van der Waals surface area contributed by atoms with Crippen LogP contribution in [0.25, 0.3) is 0 Å². The van der Waals surface area contributed by atoms with Crippen LogP contribution in [-0.2, 0) is 32.7 Å². The maximum absolute atomic E-state index is 12.8. The quantitative estimate of drug-likeness (QED) is 0.0111. The van der Waals surface area contributed by atoms with Gasteiger partial charge in [-0.05, 0) is 70.6 Å². The summed E-state index contributed by atoms with van der Waals surface area (Å²) >= 11 is 0. The number of aliphatic hydroxyl groups is 5. The van der Waals surface area contributed by atoms with Gasteiger partial charge in [-0.3, -0.25) is 18.6 Å². The zero-order chi connectivity index (χ0) is 46.4. The normalized spacial score (nSPS) is 22.1. The third kappa shape index (κ3) is 31.4. The van der Waals surface area contributed by atoms with E-state index in [0.717, 1.165) is 77.0 Å². The number of rotatable bonds is 40. The Labute approximate surface area is 380 Å². The number of unbranched alkanes of at least 4 members (excludes halogenated alkanes) is 21. The second-order valence-corrected chi connectivity index (χ2v) is 18.4. The van der Waals surface area contributed by atoms with Crippen molar-refractivity contribution in [3.63, 3.8) is 0 Å². The minimum atomic E-state index is -5.13. The number of hydrogen-bond donors (Lipinski definition) is 6. The van der Waals surface area contributed by atoms with Gasteiger partial charge in [-0.15, -0.1) is 0 Å². The van der Waals surface area contributed by atoms with Crippen LogP contribution < -0.4 is 0 Å². The van der Waals surface area contributed by atoms with Crippen LogP contribution in [0.5, 0.6) is 0 Å². The van der Waals surface area contributed by atoms with Crippen molar-refractivity contribution in [2.75, 3.05) is 13.2 Å². The van der Waals surface area contributed by atoms with Gasteiger partial charge in [-0.25, -0.2) is 4.57 Å². The van der Waals surface area contributed by atoms with Crippen LogP contribution in [0.2, 0.25) is 0 Å². The Morgan fingerprint density at radius 2 is 0.905 bits per heavy atom. The van der Waals surface area contributed by atoms with Gasteiger partial charge in [0.15, 0.2) is 6.10 Å². The van der Waals surface area contributed by atoms with Crippen LogP contribution in [0.15, 0.2) is 48.6 Å². The fraction of sp³-hybridized carbons (Fsp3) is 0.796. The summed E-state index contributed by atoms with van der Waals surface area (Å²) in [6.45, 7) is 3.25. The zero-order valence-corrected chi connectivity index (χ0v) is 39.8. The fourth-order valence-corrected chi connectivity index (χ4v) is 8.16. The van der Waals surface area contributed by atoms with E-state index in [9.17, 15) is 44.6 Å². The van der Waals surface area contributed by atoms with Gasteiger partial charge < -0.3 is 39.9 Å². The molecule has 8 atom stereocenters. The van der Waals surface area contributed by atoms with E-state index in [4.69, 9.17) is 18.5 Å². The third-order valence-electron chi connectivity index (χ3n) is 11.2. The Hall–Kier alpha value is -2.19. The summed E-state index contributed by atoms with van der Waals surface area (Å²) in [5.41, 5.74) is 0. The second kappa shape index (κ2) is 39.0. The molecule has 14 heteroatoms. The highest BCUT2D eigenvalue weighted by molar-refractivity contribution is 7.47. The molecule has 0 aromatic carbocycles. The van der Waals surface area contributed by atoms with E-state index in [-0.39, 0.29) is 12.8 Å². The first-order valence-electron chi connectivity index (χ1n) is 24.5. The van der Waals surface area contributed by atoms with Crippen molar-refractivity contribution >= 4 is 19.8 Å². The predicted octanol–water partition coefficient (Wildman–Crippen LogP) is 9.95. The molecule has 0 bridgehead atoms. The molecule has 0 aromatic rings. The number of phosphoric acid groups is 1.